The minimum Gasteiger partial charge on any atom is -0.315 e. The lowest BCUT2D eigenvalue weighted by Gasteiger charge is -2.26. The summed E-state index contributed by atoms with van der Waals surface area (Å²) in [6.45, 7) is 3.01. The van der Waals surface area contributed by atoms with Gasteiger partial charge in [0, 0.05) is 25.2 Å². The second kappa shape index (κ2) is 6.27. The van der Waals surface area contributed by atoms with E-state index in [1.54, 1.807) is 4.31 Å². The van der Waals surface area contributed by atoms with Crippen LogP contribution in [-0.4, -0.2) is 64.4 Å². The third-order valence-corrected chi connectivity index (χ3v) is 7.33. The molecule has 2 atom stereocenters. The molecule has 2 rings (SSSR count). The SMILES string of the molecule is CCS(=O)(=O)NCCS(=O)(=O)N1C2CCNCC1CC2. The number of sulfonamides is 2. The van der Waals surface area contributed by atoms with Crippen molar-refractivity contribution in [2.24, 2.45) is 0 Å². The zero-order valence-electron chi connectivity index (χ0n) is 11.7. The van der Waals surface area contributed by atoms with E-state index in [-0.39, 0.29) is 30.1 Å². The molecule has 0 aromatic heterocycles. The lowest BCUT2D eigenvalue weighted by atomic mass is 10.1. The molecule has 0 aromatic rings. The number of hydrogen-bond donors (Lipinski definition) is 2. The molecule has 2 aliphatic heterocycles. The van der Waals surface area contributed by atoms with Gasteiger partial charge in [-0.3, -0.25) is 0 Å². The Bertz CT molecular complexity index is 518. The topological polar surface area (TPSA) is 95.6 Å². The maximum absolute atomic E-state index is 12.4. The number of hydrogen-bond acceptors (Lipinski definition) is 5. The molecule has 2 heterocycles. The average molecular weight is 325 g/mol. The predicted octanol–water partition coefficient (Wildman–Crippen LogP) is -0.918. The monoisotopic (exact) mass is 325 g/mol. The van der Waals surface area contributed by atoms with E-state index in [4.69, 9.17) is 0 Å². The van der Waals surface area contributed by atoms with E-state index in [0.29, 0.717) is 6.54 Å². The van der Waals surface area contributed by atoms with Crippen LogP contribution in [0.2, 0.25) is 0 Å². The van der Waals surface area contributed by atoms with Gasteiger partial charge in [-0.1, -0.05) is 0 Å². The molecule has 2 fully saturated rings. The number of nitrogens with zero attached hydrogens (tertiary/aromatic N) is 1. The Kier molecular flexibility index (Phi) is 5.06. The van der Waals surface area contributed by atoms with E-state index in [1.165, 1.54) is 6.92 Å². The van der Waals surface area contributed by atoms with Crippen molar-refractivity contribution < 1.29 is 16.8 Å². The van der Waals surface area contributed by atoms with E-state index < -0.39 is 20.0 Å². The van der Waals surface area contributed by atoms with Crippen LogP contribution >= 0.6 is 0 Å². The first-order chi connectivity index (χ1) is 9.36. The highest BCUT2D eigenvalue weighted by Gasteiger charge is 2.41. The van der Waals surface area contributed by atoms with Crippen LogP contribution in [0.1, 0.15) is 26.2 Å². The summed E-state index contributed by atoms with van der Waals surface area (Å²) in [4.78, 5) is 0. The van der Waals surface area contributed by atoms with Crippen LogP contribution in [0.15, 0.2) is 0 Å². The third-order valence-electron chi connectivity index (χ3n) is 3.97. The summed E-state index contributed by atoms with van der Waals surface area (Å²) in [7, 11) is -6.74. The predicted molar refractivity (Wildman–Crippen MR) is 77.4 cm³/mol. The second-order valence-electron chi connectivity index (χ2n) is 5.32. The lowest BCUT2D eigenvalue weighted by molar-refractivity contribution is 0.334. The van der Waals surface area contributed by atoms with Gasteiger partial charge in [0.1, 0.15) is 0 Å². The molecule has 2 aliphatic rings. The summed E-state index contributed by atoms with van der Waals surface area (Å²) in [6.07, 6.45) is 2.63. The van der Waals surface area contributed by atoms with Crippen molar-refractivity contribution in [3.8, 4) is 0 Å². The minimum atomic E-state index is -3.41. The molecule has 7 nitrogen and oxygen atoms in total. The van der Waals surface area contributed by atoms with E-state index >= 15 is 0 Å². The van der Waals surface area contributed by atoms with Crippen LogP contribution in [0, 0.1) is 0 Å². The van der Waals surface area contributed by atoms with Crippen molar-refractivity contribution in [1.29, 1.82) is 0 Å². The normalized spacial score (nSPS) is 28.4. The Labute approximate surface area is 121 Å². The lowest BCUT2D eigenvalue weighted by Crippen LogP contribution is -2.45. The van der Waals surface area contributed by atoms with Crippen LogP contribution < -0.4 is 10.0 Å². The number of nitrogens with one attached hydrogen (secondary N) is 2. The Morgan fingerprint density at radius 3 is 2.55 bits per heavy atom. The summed E-state index contributed by atoms with van der Waals surface area (Å²) in [6, 6.07) is 0.0954. The Balaban J connectivity index is 1.99. The molecule has 2 N–H and O–H groups in total. The molecule has 0 aliphatic carbocycles. The fourth-order valence-corrected chi connectivity index (χ4v) is 5.54. The summed E-state index contributed by atoms with van der Waals surface area (Å²) in [5.41, 5.74) is 0. The van der Waals surface area contributed by atoms with Crippen molar-refractivity contribution in [2.75, 3.05) is 31.1 Å². The first-order valence-corrected chi connectivity index (χ1v) is 10.3. The molecule has 2 bridgehead atoms. The largest absolute Gasteiger partial charge is 0.315 e. The van der Waals surface area contributed by atoms with Gasteiger partial charge < -0.3 is 5.32 Å². The fraction of sp³-hybridized carbons (Fsp3) is 1.00. The molecule has 2 saturated heterocycles. The van der Waals surface area contributed by atoms with Gasteiger partial charge in [0.15, 0.2) is 0 Å². The van der Waals surface area contributed by atoms with Gasteiger partial charge in [-0.25, -0.2) is 21.6 Å². The van der Waals surface area contributed by atoms with Gasteiger partial charge in [0.05, 0.1) is 11.5 Å². The Morgan fingerprint density at radius 2 is 1.85 bits per heavy atom. The van der Waals surface area contributed by atoms with Crippen LogP contribution in [0.25, 0.3) is 0 Å². The van der Waals surface area contributed by atoms with Gasteiger partial charge in [-0.05, 0) is 32.7 Å². The first-order valence-electron chi connectivity index (χ1n) is 7.05. The summed E-state index contributed by atoms with van der Waals surface area (Å²) >= 11 is 0. The van der Waals surface area contributed by atoms with Crippen LogP contribution in [0.3, 0.4) is 0 Å². The molecular weight excluding hydrogens is 302 g/mol. The van der Waals surface area contributed by atoms with Crippen molar-refractivity contribution in [3.05, 3.63) is 0 Å². The highest BCUT2D eigenvalue weighted by atomic mass is 32.2. The van der Waals surface area contributed by atoms with E-state index in [0.717, 1.165) is 25.8 Å². The van der Waals surface area contributed by atoms with Crippen LogP contribution in [-0.2, 0) is 20.0 Å². The molecule has 0 radical (unpaired) electrons. The molecule has 0 saturated carbocycles. The zero-order valence-corrected chi connectivity index (χ0v) is 13.3. The molecule has 118 valence electrons. The summed E-state index contributed by atoms with van der Waals surface area (Å²) in [5, 5.41) is 3.25. The maximum Gasteiger partial charge on any atom is 0.215 e. The van der Waals surface area contributed by atoms with Crippen molar-refractivity contribution >= 4 is 20.0 Å². The van der Waals surface area contributed by atoms with Crippen LogP contribution in [0.5, 0.6) is 0 Å². The smallest absolute Gasteiger partial charge is 0.215 e. The summed E-state index contributed by atoms with van der Waals surface area (Å²) in [5.74, 6) is -0.203. The summed E-state index contributed by atoms with van der Waals surface area (Å²) < 4.78 is 51.5. The standard InChI is InChI=1S/C11H23N3O4S2/c1-2-19(15,16)13-7-8-20(17,18)14-10-3-4-11(14)9-12-6-5-10/h10-13H,2-9H2,1H3. The maximum atomic E-state index is 12.4. The highest BCUT2D eigenvalue weighted by Crippen LogP contribution is 2.30. The zero-order chi connectivity index (χ0) is 14.8. The van der Waals surface area contributed by atoms with Gasteiger partial charge in [0.25, 0.3) is 0 Å². The fourth-order valence-electron chi connectivity index (χ4n) is 2.93. The minimum absolute atomic E-state index is 0.0234. The van der Waals surface area contributed by atoms with Crippen molar-refractivity contribution in [2.45, 2.75) is 38.3 Å². The third kappa shape index (κ3) is 3.70. The van der Waals surface area contributed by atoms with Gasteiger partial charge in [-0.2, -0.15) is 4.31 Å². The van der Waals surface area contributed by atoms with Gasteiger partial charge in [0.2, 0.25) is 20.0 Å². The average Bonchev–Trinajstić information content (AvgIpc) is 2.63. The second-order valence-corrected chi connectivity index (χ2v) is 9.41. The quantitative estimate of drug-likeness (QED) is 0.659. The molecule has 2 unspecified atom stereocenters. The van der Waals surface area contributed by atoms with Gasteiger partial charge in [-0.15, -0.1) is 0 Å². The highest BCUT2D eigenvalue weighted by molar-refractivity contribution is 7.90. The Hall–Kier alpha value is -0.220. The number of fused-ring (bicyclic) bond motifs is 2. The van der Waals surface area contributed by atoms with Crippen molar-refractivity contribution in [3.63, 3.8) is 0 Å². The first kappa shape index (κ1) is 16.2. The van der Waals surface area contributed by atoms with E-state index in [2.05, 4.69) is 10.0 Å². The van der Waals surface area contributed by atoms with Crippen LogP contribution in [0.4, 0.5) is 0 Å². The molecule has 9 heteroatoms. The van der Waals surface area contributed by atoms with E-state index in [1.807, 2.05) is 0 Å². The molecule has 0 amide bonds. The molecule has 20 heavy (non-hydrogen) atoms. The number of rotatable bonds is 6. The van der Waals surface area contributed by atoms with E-state index in [9.17, 15) is 16.8 Å². The molecular formula is C11H23N3O4S2. The molecule has 0 spiro atoms. The van der Waals surface area contributed by atoms with Gasteiger partial charge >= 0.3 is 0 Å². The Morgan fingerprint density at radius 1 is 1.15 bits per heavy atom. The molecule has 0 aromatic carbocycles. The van der Waals surface area contributed by atoms with Crippen molar-refractivity contribution in [1.82, 2.24) is 14.3 Å².